The first-order chi connectivity index (χ1) is 7.60. The van der Waals surface area contributed by atoms with Crippen LogP contribution in [0.1, 0.15) is 39.4 Å². The van der Waals surface area contributed by atoms with Gasteiger partial charge in [-0.25, -0.2) is 0 Å². The first-order valence-electron chi connectivity index (χ1n) is 6.00. The van der Waals surface area contributed by atoms with Crippen LogP contribution in [0.4, 0.5) is 5.69 Å². The average molecular weight is 221 g/mol. The highest BCUT2D eigenvalue weighted by molar-refractivity contribution is 5.45. The lowest BCUT2D eigenvalue weighted by atomic mass is 10.2. The molecule has 0 bridgehead atoms. The van der Waals surface area contributed by atoms with Gasteiger partial charge < -0.3 is 10.2 Å². The quantitative estimate of drug-likeness (QED) is 0.828. The minimum atomic E-state index is 0.308. The molecular formula is C13H23N3. The predicted octanol–water partition coefficient (Wildman–Crippen LogP) is 2.60. The van der Waals surface area contributed by atoms with Crippen LogP contribution in [0.5, 0.6) is 0 Å². The summed E-state index contributed by atoms with van der Waals surface area (Å²) in [5, 5.41) is 3.19. The van der Waals surface area contributed by atoms with Gasteiger partial charge >= 0.3 is 0 Å². The average Bonchev–Trinajstić information content (AvgIpc) is 2.29. The van der Waals surface area contributed by atoms with Crippen LogP contribution in [0.25, 0.3) is 0 Å². The zero-order valence-corrected chi connectivity index (χ0v) is 11.0. The second-order valence-corrected chi connectivity index (χ2v) is 4.33. The molecule has 0 aromatic carbocycles. The lowest BCUT2D eigenvalue weighted by Gasteiger charge is -2.27. The van der Waals surface area contributed by atoms with Gasteiger partial charge in [-0.05, 0) is 46.9 Å². The molecule has 1 N–H and O–H groups in total. The third-order valence-corrected chi connectivity index (χ3v) is 2.94. The van der Waals surface area contributed by atoms with Crippen molar-refractivity contribution in [2.45, 2.75) is 39.8 Å². The van der Waals surface area contributed by atoms with Crippen LogP contribution in [0.3, 0.4) is 0 Å². The van der Waals surface area contributed by atoms with Gasteiger partial charge in [0, 0.05) is 18.6 Å². The van der Waals surface area contributed by atoms with Crippen LogP contribution in [0.2, 0.25) is 0 Å². The third kappa shape index (κ3) is 2.95. The van der Waals surface area contributed by atoms with Gasteiger partial charge in [0.05, 0.1) is 17.6 Å². The standard InChI is InChI=1S/C13H23N3/c1-6-16(10(2)3)12-7-8-13(15-9-12)11(4)14-5/h7-11,14H,6H2,1-5H3. The molecule has 1 aromatic rings. The van der Waals surface area contributed by atoms with Gasteiger partial charge in [0.15, 0.2) is 0 Å². The van der Waals surface area contributed by atoms with Gasteiger partial charge in [-0.1, -0.05) is 0 Å². The maximum atomic E-state index is 4.50. The lowest BCUT2D eigenvalue weighted by molar-refractivity contribution is 0.631. The molecular weight excluding hydrogens is 198 g/mol. The topological polar surface area (TPSA) is 28.2 Å². The molecule has 1 atom stereocenters. The van der Waals surface area contributed by atoms with Crippen LogP contribution < -0.4 is 10.2 Å². The number of pyridine rings is 1. The molecule has 3 heteroatoms. The maximum absolute atomic E-state index is 4.50. The molecule has 90 valence electrons. The molecule has 0 saturated carbocycles. The highest BCUT2D eigenvalue weighted by atomic mass is 15.1. The summed E-state index contributed by atoms with van der Waals surface area (Å²) < 4.78 is 0. The van der Waals surface area contributed by atoms with Gasteiger partial charge in [0.1, 0.15) is 0 Å². The van der Waals surface area contributed by atoms with Crippen LogP contribution in [0.15, 0.2) is 18.3 Å². The molecule has 1 rings (SSSR count). The Morgan fingerprint density at radius 2 is 2.00 bits per heavy atom. The Hall–Kier alpha value is -1.09. The summed E-state index contributed by atoms with van der Waals surface area (Å²) in [5.41, 5.74) is 2.29. The first-order valence-corrected chi connectivity index (χ1v) is 6.00. The van der Waals surface area contributed by atoms with Crippen LogP contribution >= 0.6 is 0 Å². The minimum absolute atomic E-state index is 0.308. The minimum Gasteiger partial charge on any atom is -0.368 e. The van der Waals surface area contributed by atoms with E-state index in [1.54, 1.807) is 0 Å². The summed E-state index contributed by atoms with van der Waals surface area (Å²) >= 11 is 0. The summed E-state index contributed by atoms with van der Waals surface area (Å²) in [6, 6.07) is 5.07. The predicted molar refractivity (Wildman–Crippen MR) is 69.9 cm³/mol. The number of aromatic nitrogens is 1. The van der Waals surface area contributed by atoms with E-state index in [0.717, 1.165) is 12.2 Å². The third-order valence-electron chi connectivity index (χ3n) is 2.94. The summed E-state index contributed by atoms with van der Waals surface area (Å²) in [5.74, 6) is 0. The van der Waals surface area contributed by atoms with Gasteiger partial charge in [-0.15, -0.1) is 0 Å². The van der Waals surface area contributed by atoms with E-state index in [9.17, 15) is 0 Å². The van der Waals surface area contributed by atoms with Gasteiger partial charge in [-0.3, -0.25) is 4.98 Å². The molecule has 0 spiro atoms. The first kappa shape index (κ1) is 13.0. The molecule has 0 saturated heterocycles. The van der Waals surface area contributed by atoms with Gasteiger partial charge in [0.25, 0.3) is 0 Å². The molecule has 16 heavy (non-hydrogen) atoms. The number of nitrogens with zero attached hydrogens (tertiary/aromatic N) is 2. The van der Waals surface area contributed by atoms with Crippen molar-refractivity contribution in [2.75, 3.05) is 18.5 Å². The Balaban J connectivity index is 2.85. The van der Waals surface area contributed by atoms with Gasteiger partial charge in [0.2, 0.25) is 0 Å². The fourth-order valence-electron chi connectivity index (χ4n) is 1.82. The Morgan fingerprint density at radius 3 is 2.38 bits per heavy atom. The highest BCUT2D eigenvalue weighted by Gasteiger charge is 2.09. The van der Waals surface area contributed by atoms with Gasteiger partial charge in [-0.2, -0.15) is 0 Å². The molecule has 0 aliphatic rings. The normalized spacial score (nSPS) is 12.9. The molecule has 3 nitrogen and oxygen atoms in total. The summed E-state index contributed by atoms with van der Waals surface area (Å²) in [4.78, 5) is 6.83. The van der Waals surface area contributed by atoms with E-state index in [1.807, 2.05) is 13.2 Å². The number of anilines is 1. The Bertz CT molecular complexity index is 305. The zero-order chi connectivity index (χ0) is 12.1. The van der Waals surface area contributed by atoms with E-state index < -0.39 is 0 Å². The molecule has 0 amide bonds. The molecule has 1 unspecified atom stereocenters. The number of hydrogen-bond acceptors (Lipinski definition) is 3. The molecule has 0 aliphatic heterocycles. The van der Waals surface area contributed by atoms with Crippen LogP contribution in [-0.4, -0.2) is 24.6 Å². The smallest absolute Gasteiger partial charge is 0.0571 e. The number of hydrogen-bond donors (Lipinski definition) is 1. The lowest BCUT2D eigenvalue weighted by Crippen LogP contribution is -2.30. The van der Waals surface area contributed by atoms with E-state index in [0.29, 0.717) is 12.1 Å². The fraction of sp³-hybridized carbons (Fsp3) is 0.615. The van der Waals surface area contributed by atoms with Crippen molar-refractivity contribution >= 4 is 5.69 Å². The maximum Gasteiger partial charge on any atom is 0.0571 e. The Kier molecular flexibility index (Phi) is 4.74. The van der Waals surface area contributed by atoms with E-state index >= 15 is 0 Å². The molecule has 1 heterocycles. The molecule has 1 aromatic heterocycles. The highest BCUT2D eigenvalue weighted by Crippen LogP contribution is 2.18. The zero-order valence-electron chi connectivity index (χ0n) is 11.0. The van der Waals surface area contributed by atoms with Crippen molar-refractivity contribution in [3.05, 3.63) is 24.0 Å². The van der Waals surface area contributed by atoms with Crippen molar-refractivity contribution in [3.8, 4) is 0 Å². The van der Waals surface area contributed by atoms with E-state index in [-0.39, 0.29) is 0 Å². The van der Waals surface area contributed by atoms with Crippen LogP contribution in [0, 0.1) is 0 Å². The van der Waals surface area contributed by atoms with Crippen LogP contribution in [-0.2, 0) is 0 Å². The largest absolute Gasteiger partial charge is 0.368 e. The fourth-order valence-corrected chi connectivity index (χ4v) is 1.82. The Labute approximate surface area is 98.9 Å². The van der Waals surface area contributed by atoms with Crippen molar-refractivity contribution in [1.29, 1.82) is 0 Å². The molecule has 0 fully saturated rings. The van der Waals surface area contributed by atoms with E-state index in [2.05, 4.69) is 55.0 Å². The summed E-state index contributed by atoms with van der Waals surface area (Å²) in [7, 11) is 1.95. The number of rotatable bonds is 5. The van der Waals surface area contributed by atoms with E-state index in [4.69, 9.17) is 0 Å². The second-order valence-electron chi connectivity index (χ2n) is 4.33. The van der Waals surface area contributed by atoms with Crippen molar-refractivity contribution in [3.63, 3.8) is 0 Å². The summed E-state index contributed by atoms with van der Waals surface area (Å²) in [6.07, 6.45) is 1.96. The Morgan fingerprint density at radius 1 is 1.31 bits per heavy atom. The molecule has 0 aliphatic carbocycles. The van der Waals surface area contributed by atoms with E-state index in [1.165, 1.54) is 5.69 Å². The second kappa shape index (κ2) is 5.85. The monoisotopic (exact) mass is 221 g/mol. The van der Waals surface area contributed by atoms with Crippen molar-refractivity contribution in [2.24, 2.45) is 0 Å². The van der Waals surface area contributed by atoms with Crippen molar-refractivity contribution in [1.82, 2.24) is 10.3 Å². The summed E-state index contributed by atoms with van der Waals surface area (Å²) in [6.45, 7) is 9.70. The number of nitrogens with one attached hydrogen (secondary N) is 1. The van der Waals surface area contributed by atoms with Crippen molar-refractivity contribution < 1.29 is 0 Å². The molecule has 0 radical (unpaired) electrons. The SMILES string of the molecule is CCN(c1ccc(C(C)NC)nc1)C(C)C.